The number of benzene rings is 1. The monoisotopic (exact) mass is 398 g/mol. The van der Waals surface area contributed by atoms with Crippen LogP contribution in [0.15, 0.2) is 33.8 Å². The van der Waals surface area contributed by atoms with E-state index < -0.39 is 0 Å². The van der Waals surface area contributed by atoms with Crippen molar-refractivity contribution in [2.24, 2.45) is 4.99 Å². The number of aliphatic imine (C=N–C) groups is 1. The Morgan fingerprint density at radius 1 is 1.10 bits per heavy atom. The lowest BCUT2D eigenvalue weighted by molar-refractivity contribution is 0.318. The molecule has 0 radical (unpaired) electrons. The summed E-state index contributed by atoms with van der Waals surface area (Å²) in [6.45, 7) is 13.6. The first-order valence-corrected chi connectivity index (χ1v) is 10.6. The molecule has 0 atom stereocenters. The van der Waals surface area contributed by atoms with Gasteiger partial charge in [-0.05, 0) is 44.0 Å². The molecule has 1 aliphatic rings. The Hall–Kier alpha value is -2.41. The van der Waals surface area contributed by atoms with Gasteiger partial charge in [0.25, 0.3) is 0 Å². The van der Waals surface area contributed by atoms with Gasteiger partial charge in [-0.1, -0.05) is 50.2 Å². The number of hydrogen-bond acceptors (Lipinski definition) is 5. The van der Waals surface area contributed by atoms with E-state index in [1.807, 2.05) is 0 Å². The van der Waals surface area contributed by atoms with Crippen LogP contribution in [0.1, 0.15) is 63.4 Å². The maximum atomic E-state index is 5.34. The molecule has 1 aromatic heterocycles. The number of nitrogens with zero attached hydrogens (tertiary/aromatic N) is 4. The SMILES string of the molecule is CCNC(=NCc1ccc(CN2CCCC2)cc1)NCc1noc(C(C)(C)C)n1. The van der Waals surface area contributed by atoms with Gasteiger partial charge in [-0.2, -0.15) is 4.98 Å². The highest BCUT2D eigenvalue weighted by atomic mass is 16.5. The van der Waals surface area contributed by atoms with Gasteiger partial charge in [0.05, 0.1) is 13.1 Å². The van der Waals surface area contributed by atoms with Crippen LogP contribution in [0.5, 0.6) is 0 Å². The quantitative estimate of drug-likeness (QED) is 0.551. The summed E-state index contributed by atoms with van der Waals surface area (Å²) >= 11 is 0. The summed E-state index contributed by atoms with van der Waals surface area (Å²) in [5, 5.41) is 10.6. The maximum Gasteiger partial charge on any atom is 0.232 e. The lowest BCUT2D eigenvalue weighted by atomic mass is 9.97. The van der Waals surface area contributed by atoms with Crippen molar-refractivity contribution in [1.82, 2.24) is 25.7 Å². The normalized spacial score (nSPS) is 15.7. The third kappa shape index (κ3) is 6.56. The summed E-state index contributed by atoms with van der Waals surface area (Å²) in [5.74, 6) is 2.02. The first-order valence-electron chi connectivity index (χ1n) is 10.6. The van der Waals surface area contributed by atoms with Gasteiger partial charge in [0.2, 0.25) is 5.89 Å². The predicted octanol–water partition coefficient (Wildman–Crippen LogP) is 3.22. The van der Waals surface area contributed by atoms with Gasteiger partial charge in [0.1, 0.15) is 0 Å². The average molecular weight is 399 g/mol. The van der Waals surface area contributed by atoms with E-state index in [2.05, 4.69) is 82.6 Å². The van der Waals surface area contributed by atoms with E-state index in [0.717, 1.165) is 19.0 Å². The van der Waals surface area contributed by atoms with Gasteiger partial charge in [0, 0.05) is 18.5 Å². The van der Waals surface area contributed by atoms with Crippen LogP contribution in [0.2, 0.25) is 0 Å². The molecule has 0 aliphatic carbocycles. The zero-order chi connectivity index (χ0) is 20.7. The maximum absolute atomic E-state index is 5.34. The van der Waals surface area contributed by atoms with E-state index in [1.165, 1.54) is 37.1 Å². The highest BCUT2D eigenvalue weighted by molar-refractivity contribution is 5.79. The number of likely N-dealkylation sites (tertiary alicyclic amines) is 1. The second kappa shape index (κ2) is 9.87. The zero-order valence-corrected chi connectivity index (χ0v) is 18.2. The molecule has 3 rings (SSSR count). The fourth-order valence-corrected chi connectivity index (χ4v) is 3.25. The van der Waals surface area contributed by atoms with Gasteiger partial charge >= 0.3 is 0 Å². The summed E-state index contributed by atoms with van der Waals surface area (Å²) in [7, 11) is 0. The van der Waals surface area contributed by atoms with Crippen LogP contribution in [-0.4, -0.2) is 40.6 Å². The molecule has 0 spiro atoms. The van der Waals surface area contributed by atoms with Crippen molar-refractivity contribution >= 4 is 5.96 Å². The lowest BCUT2D eigenvalue weighted by Gasteiger charge is -2.14. The Labute approximate surface area is 174 Å². The first-order chi connectivity index (χ1) is 13.9. The van der Waals surface area contributed by atoms with Crippen LogP contribution in [-0.2, 0) is 25.0 Å². The van der Waals surface area contributed by atoms with Crippen LogP contribution >= 0.6 is 0 Å². The highest BCUT2D eigenvalue weighted by Gasteiger charge is 2.21. The molecule has 1 saturated heterocycles. The van der Waals surface area contributed by atoms with Crippen LogP contribution in [0.3, 0.4) is 0 Å². The zero-order valence-electron chi connectivity index (χ0n) is 18.2. The van der Waals surface area contributed by atoms with E-state index in [1.54, 1.807) is 0 Å². The van der Waals surface area contributed by atoms with E-state index >= 15 is 0 Å². The lowest BCUT2D eigenvalue weighted by Crippen LogP contribution is -2.37. The fraction of sp³-hybridized carbons (Fsp3) is 0.591. The number of guanidine groups is 1. The Morgan fingerprint density at radius 3 is 2.41 bits per heavy atom. The van der Waals surface area contributed by atoms with E-state index in [0.29, 0.717) is 24.8 Å². The molecule has 0 amide bonds. The summed E-state index contributed by atoms with van der Waals surface area (Å²) in [4.78, 5) is 11.7. The third-order valence-electron chi connectivity index (χ3n) is 4.92. The summed E-state index contributed by atoms with van der Waals surface area (Å²) in [6, 6.07) is 8.79. The molecule has 1 aliphatic heterocycles. The third-order valence-corrected chi connectivity index (χ3v) is 4.92. The molecule has 7 nitrogen and oxygen atoms in total. The van der Waals surface area contributed by atoms with Gasteiger partial charge in [-0.25, -0.2) is 4.99 Å². The average Bonchev–Trinajstić information content (AvgIpc) is 3.37. The van der Waals surface area contributed by atoms with Gasteiger partial charge in [-0.15, -0.1) is 0 Å². The van der Waals surface area contributed by atoms with Crippen LogP contribution in [0.25, 0.3) is 0 Å². The summed E-state index contributed by atoms with van der Waals surface area (Å²) in [5.41, 5.74) is 2.42. The summed E-state index contributed by atoms with van der Waals surface area (Å²) in [6.07, 6.45) is 2.66. The molecular weight excluding hydrogens is 364 g/mol. The largest absolute Gasteiger partial charge is 0.357 e. The molecule has 158 valence electrons. The number of aromatic nitrogens is 2. The first kappa shape index (κ1) is 21.3. The number of hydrogen-bond donors (Lipinski definition) is 2. The molecule has 1 fully saturated rings. The van der Waals surface area contributed by atoms with E-state index in [-0.39, 0.29) is 5.41 Å². The molecule has 2 heterocycles. The Morgan fingerprint density at radius 2 is 1.79 bits per heavy atom. The van der Waals surface area contributed by atoms with Crippen molar-refractivity contribution in [2.75, 3.05) is 19.6 Å². The molecule has 1 aromatic carbocycles. The smallest absolute Gasteiger partial charge is 0.232 e. The van der Waals surface area contributed by atoms with Crippen molar-refractivity contribution in [3.05, 3.63) is 47.1 Å². The van der Waals surface area contributed by atoms with Crippen LogP contribution in [0.4, 0.5) is 0 Å². The van der Waals surface area contributed by atoms with Crippen molar-refractivity contribution in [2.45, 2.75) is 65.6 Å². The second-order valence-electron chi connectivity index (χ2n) is 8.61. The van der Waals surface area contributed by atoms with Crippen molar-refractivity contribution < 1.29 is 4.52 Å². The molecule has 29 heavy (non-hydrogen) atoms. The molecule has 0 bridgehead atoms. The molecule has 2 aromatic rings. The molecule has 2 N–H and O–H groups in total. The molecule has 0 unspecified atom stereocenters. The second-order valence-corrected chi connectivity index (χ2v) is 8.61. The van der Waals surface area contributed by atoms with Gasteiger partial charge in [-0.3, -0.25) is 4.90 Å². The van der Waals surface area contributed by atoms with Crippen molar-refractivity contribution in [3.63, 3.8) is 0 Å². The topological polar surface area (TPSA) is 78.6 Å². The number of rotatable bonds is 7. The molecule has 0 saturated carbocycles. The standard InChI is InChI=1S/C22H34N6O/c1-5-23-21(25-15-19-26-20(29-27-19)22(2,3)4)24-14-17-8-10-18(11-9-17)16-28-12-6-7-13-28/h8-11H,5-7,12-16H2,1-4H3,(H2,23,24,25). The highest BCUT2D eigenvalue weighted by Crippen LogP contribution is 2.19. The van der Waals surface area contributed by atoms with E-state index in [4.69, 9.17) is 4.52 Å². The summed E-state index contributed by atoms with van der Waals surface area (Å²) < 4.78 is 5.34. The van der Waals surface area contributed by atoms with Crippen molar-refractivity contribution in [3.8, 4) is 0 Å². The minimum atomic E-state index is -0.148. The predicted molar refractivity (Wildman–Crippen MR) is 116 cm³/mol. The van der Waals surface area contributed by atoms with Gasteiger partial charge < -0.3 is 15.2 Å². The minimum absolute atomic E-state index is 0.148. The van der Waals surface area contributed by atoms with Gasteiger partial charge in [0.15, 0.2) is 11.8 Å². The van der Waals surface area contributed by atoms with Crippen LogP contribution < -0.4 is 10.6 Å². The van der Waals surface area contributed by atoms with E-state index in [9.17, 15) is 0 Å². The minimum Gasteiger partial charge on any atom is -0.357 e. The van der Waals surface area contributed by atoms with Crippen LogP contribution in [0, 0.1) is 0 Å². The Bertz CT molecular complexity index is 784. The fourth-order valence-electron chi connectivity index (χ4n) is 3.25. The molecule has 7 heteroatoms. The Kier molecular flexibility index (Phi) is 7.25. The molecular formula is C22H34N6O. The number of nitrogens with one attached hydrogen (secondary N) is 2. The Balaban J connectivity index is 1.53. The van der Waals surface area contributed by atoms with Crippen molar-refractivity contribution in [1.29, 1.82) is 0 Å².